The molecule has 1 N–H and O–H groups in total. The zero-order chi connectivity index (χ0) is 25.6. The summed E-state index contributed by atoms with van der Waals surface area (Å²) in [4.78, 5) is 41.1. The lowest BCUT2D eigenvalue weighted by Gasteiger charge is -2.39. The molecule has 1 aromatic heterocycles. The SMILES string of the molecule is CC1=C(C(=O)OC2CCCCCC2)[C@H](c2coc3ccc(C)cc3c2=O)C2=C(CC(C)(C)CC2=O)N1. The number of benzene rings is 1. The van der Waals surface area contributed by atoms with Gasteiger partial charge in [-0.2, -0.15) is 0 Å². The van der Waals surface area contributed by atoms with Gasteiger partial charge in [0.2, 0.25) is 0 Å². The molecular weight excluding hydrogens is 454 g/mol. The van der Waals surface area contributed by atoms with Gasteiger partial charge in [-0.25, -0.2) is 4.79 Å². The van der Waals surface area contributed by atoms with Crippen LogP contribution in [0.15, 0.2) is 56.2 Å². The van der Waals surface area contributed by atoms with Gasteiger partial charge in [0.1, 0.15) is 11.7 Å². The van der Waals surface area contributed by atoms with Crippen molar-refractivity contribution in [2.75, 3.05) is 0 Å². The minimum atomic E-state index is -0.815. The van der Waals surface area contributed by atoms with Crippen molar-refractivity contribution in [3.63, 3.8) is 0 Å². The summed E-state index contributed by atoms with van der Waals surface area (Å²) in [7, 11) is 0. The van der Waals surface area contributed by atoms with Crippen molar-refractivity contribution in [1.29, 1.82) is 0 Å². The predicted molar refractivity (Wildman–Crippen MR) is 138 cm³/mol. The molecule has 0 unspecified atom stereocenters. The smallest absolute Gasteiger partial charge is 0.337 e. The Morgan fingerprint density at radius 2 is 1.78 bits per heavy atom. The molecule has 0 spiro atoms. The van der Waals surface area contributed by atoms with Crippen LogP contribution in [0.1, 0.15) is 89.2 Å². The summed E-state index contributed by atoms with van der Waals surface area (Å²) in [6, 6.07) is 5.47. The molecule has 5 rings (SSSR count). The molecule has 0 radical (unpaired) electrons. The fraction of sp³-hybridized carbons (Fsp3) is 0.500. The third kappa shape index (κ3) is 4.54. The van der Waals surface area contributed by atoms with Crippen LogP contribution >= 0.6 is 0 Å². The van der Waals surface area contributed by atoms with Crippen molar-refractivity contribution >= 4 is 22.7 Å². The quantitative estimate of drug-likeness (QED) is 0.422. The summed E-state index contributed by atoms with van der Waals surface area (Å²) >= 11 is 0. The second-order valence-corrected chi connectivity index (χ2v) is 11.5. The number of nitrogens with one attached hydrogen (secondary N) is 1. The van der Waals surface area contributed by atoms with Gasteiger partial charge in [-0.3, -0.25) is 9.59 Å². The van der Waals surface area contributed by atoms with Crippen LogP contribution in [-0.4, -0.2) is 17.9 Å². The number of allylic oxidation sites excluding steroid dienone is 3. The number of esters is 1. The summed E-state index contributed by atoms with van der Waals surface area (Å²) in [6.07, 6.45) is 8.35. The van der Waals surface area contributed by atoms with E-state index in [0.29, 0.717) is 46.2 Å². The van der Waals surface area contributed by atoms with E-state index in [0.717, 1.165) is 49.8 Å². The van der Waals surface area contributed by atoms with Gasteiger partial charge in [0, 0.05) is 29.0 Å². The lowest BCUT2D eigenvalue weighted by atomic mass is 9.68. The molecule has 1 aliphatic heterocycles. The summed E-state index contributed by atoms with van der Waals surface area (Å²) in [6.45, 7) is 7.88. The Hall–Kier alpha value is -3.15. The van der Waals surface area contributed by atoms with Gasteiger partial charge >= 0.3 is 5.97 Å². The maximum atomic E-state index is 13.8. The average Bonchev–Trinajstić information content (AvgIpc) is 3.06. The van der Waals surface area contributed by atoms with Crippen molar-refractivity contribution in [3.05, 3.63) is 68.4 Å². The number of carbonyl (C=O) groups is 2. The van der Waals surface area contributed by atoms with Gasteiger partial charge in [-0.15, -0.1) is 0 Å². The molecule has 190 valence electrons. The fourth-order valence-corrected chi connectivity index (χ4v) is 6.05. The third-order valence-electron chi connectivity index (χ3n) is 7.80. The first-order valence-electron chi connectivity index (χ1n) is 13.1. The number of hydrogen-bond acceptors (Lipinski definition) is 6. The van der Waals surface area contributed by atoms with Crippen molar-refractivity contribution in [3.8, 4) is 0 Å². The first-order valence-corrected chi connectivity index (χ1v) is 13.1. The summed E-state index contributed by atoms with van der Waals surface area (Å²) in [5.41, 5.74) is 3.55. The highest BCUT2D eigenvalue weighted by atomic mass is 16.5. The van der Waals surface area contributed by atoms with E-state index in [9.17, 15) is 14.4 Å². The van der Waals surface area contributed by atoms with Crippen molar-refractivity contribution in [2.45, 2.75) is 91.1 Å². The topological polar surface area (TPSA) is 85.6 Å². The maximum absolute atomic E-state index is 13.8. The molecule has 1 atom stereocenters. The average molecular weight is 490 g/mol. The lowest BCUT2D eigenvalue weighted by Crippen LogP contribution is -2.40. The van der Waals surface area contributed by atoms with E-state index in [-0.39, 0.29) is 22.7 Å². The molecule has 6 heteroatoms. The van der Waals surface area contributed by atoms with Crippen LogP contribution in [0.3, 0.4) is 0 Å². The Morgan fingerprint density at radius 1 is 1.06 bits per heavy atom. The van der Waals surface area contributed by atoms with E-state index in [1.54, 1.807) is 12.1 Å². The van der Waals surface area contributed by atoms with Crippen LogP contribution in [0, 0.1) is 12.3 Å². The van der Waals surface area contributed by atoms with E-state index in [1.165, 1.54) is 6.26 Å². The standard InChI is InChI=1S/C30H35NO5/c1-17-11-12-24-20(13-17)28(33)21(16-35-24)26-25(29(34)36-19-9-7-5-6-8-10-19)18(2)31-22-14-30(3,4)15-23(32)27(22)26/h11-13,16,19,26,31H,5-10,14-15H2,1-4H3/t26-/m0/s1. The first kappa shape index (κ1) is 24.5. The van der Waals surface area contributed by atoms with E-state index in [4.69, 9.17) is 9.15 Å². The number of Topliss-reactive ketones (excluding diaryl/α,β-unsaturated/α-hetero) is 1. The van der Waals surface area contributed by atoms with Gasteiger partial charge in [-0.05, 0) is 63.5 Å². The van der Waals surface area contributed by atoms with Crippen LogP contribution in [0.4, 0.5) is 0 Å². The molecule has 0 bridgehead atoms. The summed E-state index contributed by atoms with van der Waals surface area (Å²) in [5.74, 6) is -1.32. The first-order chi connectivity index (χ1) is 17.1. The number of aryl methyl sites for hydroxylation is 1. The van der Waals surface area contributed by atoms with Crippen LogP contribution < -0.4 is 10.7 Å². The van der Waals surface area contributed by atoms with Gasteiger partial charge < -0.3 is 14.5 Å². The Balaban J connectivity index is 1.64. The van der Waals surface area contributed by atoms with Gasteiger partial charge in [0.25, 0.3) is 0 Å². The highest BCUT2D eigenvalue weighted by Gasteiger charge is 2.44. The number of carbonyl (C=O) groups excluding carboxylic acids is 2. The Kier molecular flexibility index (Phi) is 6.39. The molecule has 2 aromatic rings. The van der Waals surface area contributed by atoms with E-state index in [1.807, 2.05) is 19.9 Å². The van der Waals surface area contributed by atoms with Crippen LogP contribution in [0.5, 0.6) is 0 Å². The number of ketones is 1. The number of dihydropyridines is 1. The normalized spacial score (nSPS) is 22.8. The number of hydrogen-bond donors (Lipinski definition) is 1. The largest absolute Gasteiger partial charge is 0.464 e. The molecule has 0 saturated heterocycles. The molecule has 2 aliphatic carbocycles. The Labute approximate surface area is 211 Å². The van der Waals surface area contributed by atoms with E-state index < -0.39 is 11.9 Å². The van der Waals surface area contributed by atoms with Gasteiger partial charge in [0.15, 0.2) is 11.2 Å². The number of fused-ring (bicyclic) bond motifs is 1. The molecule has 0 amide bonds. The van der Waals surface area contributed by atoms with E-state index >= 15 is 0 Å². The molecule has 1 fully saturated rings. The number of rotatable bonds is 3. The molecule has 3 aliphatic rings. The van der Waals surface area contributed by atoms with Gasteiger partial charge in [-0.1, -0.05) is 38.3 Å². The van der Waals surface area contributed by atoms with Crippen molar-refractivity contribution < 1.29 is 18.7 Å². The highest BCUT2D eigenvalue weighted by Crippen LogP contribution is 2.46. The molecule has 1 saturated carbocycles. The van der Waals surface area contributed by atoms with Crippen LogP contribution in [0.2, 0.25) is 0 Å². The molecular formula is C30H35NO5. The minimum Gasteiger partial charge on any atom is -0.464 e. The van der Waals surface area contributed by atoms with Gasteiger partial charge in [0.05, 0.1) is 23.1 Å². The Morgan fingerprint density at radius 3 is 2.50 bits per heavy atom. The molecule has 6 nitrogen and oxygen atoms in total. The lowest BCUT2D eigenvalue weighted by molar-refractivity contribution is -0.145. The maximum Gasteiger partial charge on any atom is 0.337 e. The molecule has 36 heavy (non-hydrogen) atoms. The summed E-state index contributed by atoms with van der Waals surface area (Å²) < 4.78 is 11.9. The summed E-state index contributed by atoms with van der Waals surface area (Å²) in [5, 5.41) is 3.81. The highest BCUT2D eigenvalue weighted by molar-refractivity contribution is 6.04. The minimum absolute atomic E-state index is 0.0465. The van der Waals surface area contributed by atoms with Crippen LogP contribution in [-0.2, 0) is 14.3 Å². The third-order valence-corrected chi connectivity index (χ3v) is 7.80. The second-order valence-electron chi connectivity index (χ2n) is 11.5. The van der Waals surface area contributed by atoms with Crippen molar-refractivity contribution in [1.82, 2.24) is 5.32 Å². The number of ether oxygens (including phenoxy) is 1. The molecule has 2 heterocycles. The van der Waals surface area contributed by atoms with Crippen LogP contribution in [0.25, 0.3) is 11.0 Å². The zero-order valence-corrected chi connectivity index (χ0v) is 21.7. The predicted octanol–water partition coefficient (Wildman–Crippen LogP) is 5.97. The van der Waals surface area contributed by atoms with Crippen molar-refractivity contribution in [2.24, 2.45) is 5.41 Å². The van der Waals surface area contributed by atoms with E-state index in [2.05, 4.69) is 19.2 Å². The molecule has 1 aromatic carbocycles. The monoisotopic (exact) mass is 489 g/mol. The second kappa shape index (κ2) is 9.38. The zero-order valence-electron chi connectivity index (χ0n) is 21.7. The fourth-order valence-electron chi connectivity index (χ4n) is 6.05. The Bertz CT molecular complexity index is 1350.